The molecule has 0 saturated heterocycles. The van der Waals surface area contributed by atoms with Gasteiger partial charge in [0.1, 0.15) is 0 Å². The lowest BCUT2D eigenvalue weighted by Gasteiger charge is -2.01. The lowest BCUT2D eigenvalue weighted by Crippen LogP contribution is -2.11. The Morgan fingerprint density at radius 2 is 1.88 bits per heavy atom. The molecule has 2 heterocycles. The lowest BCUT2D eigenvalue weighted by molar-refractivity contribution is 0.102. The van der Waals surface area contributed by atoms with Crippen LogP contribution < -0.4 is 5.32 Å². The molecule has 0 saturated carbocycles. The molecule has 0 aliphatic heterocycles. The van der Waals surface area contributed by atoms with E-state index in [1.807, 2.05) is 25.1 Å². The van der Waals surface area contributed by atoms with Crippen LogP contribution >= 0.6 is 22.7 Å². The molecule has 5 nitrogen and oxygen atoms in total. The first-order valence-corrected chi connectivity index (χ1v) is 8.75. The molecule has 0 aliphatic rings. The molecule has 0 aliphatic carbocycles. The number of anilines is 1. The Labute approximate surface area is 145 Å². The largest absolute Gasteiger partial charge is 0.298 e. The lowest BCUT2D eigenvalue weighted by atomic mass is 10.1. The van der Waals surface area contributed by atoms with Crippen molar-refractivity contribution in [2.45, 2.75) is 6.92 Å². The van der Waals surface area contributed by atoms with Crippen molar-refractivity contribution < 1.29 is 4.79 Å². The molecule has 24 heavy (non-hydrogen) atoms. The number of rotatable bonds is 2. The number of benzene rings is 2. The van der Waals surface area contributed by atoms with Crippen molar-refractivity contribution in [2.24, 2.45) is 0 Å². The monoisotopic (exact) mass is 350 g/mol. The summed E-state index contributed by atoms with van der Waals surface area (Å²) in [5.74, 6) is -0.275. The molecular weight excluding hydrogens is 340 g/mol. The Hall–Kier alpha value is -2.82. The highest BCUT2D eigenvalue weighted by Gasteiger charge is 2.13. The second-order valence-electron chi connectivity index (χ2n) is 5.16. The molecule has 4 aromatic rings. The SMILES string of the molecule is Cc1nc2ccc3nc(NC(=O)c4cccc(C#N)c4)sc3c2s1. The van der Waals surface area contributed by atoms with Crippen LogP contribution in [0.2, 0.25) is 0 Å². The van der Waals surface area contributed by atoms with E-state index < -0.39 is 0 Å². The minimum absolute atomic E-state index is 0.275. The van der Waals surface area contributed by atoms with Gasteiger partial charge >= 0.3 is 0 Å². The third-order valence-corrected chi connectivity index (χ3v) is 5.63. The van der Waals surface area contributed by atoms with E-state index >= 15 is 0 Å². The van der Waals surface area contributed by atoms with Crippen molar-refractivity contribution in [3.63, 3.8) is 0 Å². The quantitative estimate of drug-likeness (QED) is 0.583. The van der Waals surface area contributed by atoms with Crippen LogP contribution in [0.4, 0.5) is 5.13 Å². The van der Waals surface area contributed by atoms with Gasteiger partial charge < -0.3 is 0 Å². The average Bonchev–Trinajstić information content (AvgIpc) is 3.16. The molecule has 1 amide bonds. The number of fused-ring (bicyclic) bond motifs is 3. The zero-order valence-corrected chi connectivity index (χ0v) is 14.2. The van der Waals surface area contributed by atoms with Gasteiger partial charge in [-0.15, -0.1) is 11.3 Å². The molecule has 7 heteroatoms. The molecule has 0 unspecified atom stereocenters. The molecule has 1 N–H and O–H groups in total. The normalized spacial score (nSPS) is 10.8. The fraction of sp³-hybridized carbons (Fsp3) is 0.0588. The van der Waals surface area contributed by atoms with Crippen LogP contribution in [0.5, 0.6) is 0 Å². The summed E-state index contributed by atoms with van der Waals surface area (Å²) < 4.78 is 2.12. The Bertz CT molecular complexity index is 1140. The van der Waals surface area contributed by atoms with Gasteiger partial charge in [0.05, 0.1) is 37.1 Å². The highest BCUT2D eigenvalue weighted by Crippen LogP contribution is 2.35. The zero-order chi connectivity index (χ0) is 16.7. The predicted molar refractivity (Wildman–Crippen MR) is 96.6 cm³/mol. The number of thiazole rings is 2. The number of nitriles is 1. The van der Waals surface area contributed by atoms with E-state index in [-0.39, 0.29) is 5.91 Å². The summed E-state index contributed by atoms with van der Waals surface area (Å²) in [7, 11) is 0. The van der Waals surface area contributed by atoms with E-state index in [1.54, 1.807) is 35.6 Å². The number of hydrogen-bond acceptors (Lipinski definition) is 6. The summed E-state index contributed by atoms with van der Waals surface area (Å²) in [6.07, 6.45) is 0. The first-order valence-electron chi connectivity index (χ1n) is 7.12. The molecule has 0 bridgehead atoms. The number of carbonyl (C=O) groups is 1. The molecule has 2 aromatic heterocycles. The Morgan fingerprint density at radius 1 is 1.12 bits per heavy atom. The van der Waals surface area contributed by atoms with E-state index in [1.165, 1.54) is 11.3 Å². The smallest absolute Gasteiger partial charge is 0.257 e. The second kappa shape index (κ2) is 5.67. The van der Waals surface area contributed by atoms with Crippen LogP contribution in [0.25, 0.3) is 20.4 Å². The predicted octanol–water partition coefficient (Wildman–Crippen LogP) is 4.34. The van der Waals surface area contributed by atoms with E-state index in [0.29, 0.717) is 16.3 Å². The van der Waals surface area contributed by atoms with Crippen LogP contribution in [0.3, 0.4) is 0 Å². The first-order chi connectivity index (χ1) is 11.6. The van der Waals surface area contributed by atoms with Crippen molar-refractivity contribution in [1.29, 1.82) is 5.26 Å². The minimum atomic E-state index is -0.275. The van der Waals surface area contributed by atoms with Crippen molar-refractivity contribution in [3.05, 3.63) is 52.5 Å². The number of aromatic nitrogens is 2. The molecule has 0 spiro atoms. The van der Waals surface area contributed by atoms with Gasteiger partial charge in [-0.3, -0.25) is 10.1 Å². The highest BCUT2D eigenvalue weighted by atomic mass is 32.1. The summed E-state index contributed by atoms with van der Waals surface area (Å²) in [6, 6.07) is 12.5. The van der Waals surface area contributed by atoms with Gasteiger partial charge in [0.15, 0.2) is 5.13 Å². The summed E-state index contributed by atoms with van der Waals surface area (Å²) in [6.45, 7) is 1.97. The van der Waals surface area contributed by atoms with Crippen LogP contribution in [-0.2, 0) is 0 Å². The van der Waals surface area contributed by atoms with Crippen LogP contribution in [0.15, 0.2) is 36.4 Å². The maximum atomic E-state index is 12.4. The van der Waals surface area contributed by atoms with Crippen LogP contribution in [0, 0.1) is 18.3 Å². The van der Waals surface area contributed by atoms with E-state index in [2.05, 4.69) is 15.3 Å². The van der Waals surface area contributed by atoms with Crippen LogP contribution in [-0.4, -0.2) is 15.9 Å². The highest BCUT2D eigenvalue weighted by molar-refractivity contribution is 7.28. The number of hydrogen-bond donors (Lipinski definition) is 1. The van der Waals surface area contributed by atoms with Crippen molar-refractivity contribution in [2.75, 3.05) is 5.32 Å². The Morgan fingerprint density at radius 3 is 2.67 bits per heavy atom. The van der Waals surface area contributed by atoms with Gasteiger partial charge in [0, 0.05) is 5.56 Å². The Balaban J connectivity index is 1.70. The minimum Gasteiger partial charge on any atom is -0.298 e. The summed E-state index contributed by atoms with van der Waals surface area (Å²) in [5.41, 5.74) is 2.69. The number of carbonyl (C=O) groups excluding carboxylic acids is 1. The molecule has 0 atom stereocenters. The van der Waals surface area contributed by atoms with E-state index in [4.69, 9.17) is 5.26 Å². The maximum absolute atomic E-state index is 12.4. The van der Waals surface area contributed by atoms with Gasteiger partial charge in [-0.2, -0.15) is 5.26 Å². The third-order valence-electron chi connectivity index (χ3n) is 3.49. The molecular formula is C17H10N4OS2. The number of aryl methyl sites for hydroxylation is 1. The maximum Gasteiger partial charge on any atom is 0.257 e. The first kappa shape index (κ1) is 14.8. The number of nitrogens with zero attached hydrogens (tertiary/aromatic N) is 3. The van der Waals surface area contributed by atoms with Crippen molar-refractivity contribution >= 4 is 54.1 Å². The fourth-order valence-electron chi connectivity index (χ4n) is 2.44. The van der Waals surface area contributed by atoms with Gasteiger partial charge in [-0.1, -0.05) is 17.4 Å². The van der Waals surface area contributed by atoms with Gasteiger partial charge in [-0.05, 0) is 37.3 Å². The molecule has 0 radical (unpaired) electrons. The summed E-state index contributed by atoms with van der Waals surface area (Å²) in [4.78, 5) is 21.3. The fourth-order valence-corrected chi connectivity index (χ4v) is 4.44. The second-order valence-corrected chi connectivity index (χ2v) is 7.36. The average molecular weight is 350 g/mol. The van der Waals surface area contributed by atoms with Gasteiger partial charge in [0.2, 0.25) is 0 Å². The standard InChI is InChI=1S/C17H10N4OS2/c1-9-19-12-5-6-13-15(14(12)23-9)24-17(20-13)21-16(22)11-4-2-3-10(7-11)8-18/h2-7H,1H3,(H,20,21,22). The van der Waals surface area contributed by atoms with Crippen molar-refractivity contribution in [1.82, 2.24) is 9.97 Å². The molecule has 2 aromatic carbocycles. The number of amides is 1. The van der Waals surface area contributed by atoms with Crippen LogP contribution in [0.1, 0.15) is 20.9 Å². The molecule has 0 fully saturated rings. The summed E-state index contributed by atoms with van der Waals surface area (Å²) >= 11 is 3.06. The van der Waals surface area contributed by atoms with E-state index in [9.17, 15) is 4.79 Å². The number of nitrogens with one attached hydrogen (secondary N) is 1. The third kappa shape index (κ3) is 2.52. The topological polar surface area (TPSA) is 78.7 Å². The summed E-state index contributed by atoms with van der Waals surface area (Å²) in [5, 5.41) is 13.3. The van der Waals surface area contributed by atoms with Gasteiger partial charge in [-0.25, -0.2) is 9.97 Å². The van der Waals surface area contributed by atoms with E-state index in [0.717, 1.165) is 25.4 Å². The molecule has 116 valence electrons. The van der Waals surface area contributed by atoms with Crippen molar-refractivity contribution in [3.8, 4) is 6.07 Å². The molecule has 4 rings (SSSR count). The Kier molecular flexibility index (Phi) is 3.49. The van der Waals surface area contributed by atoms with Gasteiger partial charge in [0.25, 0.3) is 5.91 Å². The zero-order valence-electron chi connectivity index (χ0n) is 12.5.